The van der Waals surface area contributed by atoms with E-state index in [2.05, 4.69) is 20.2 Å². The van der Waals surface area contributed by atoms with Gasteiger partial charge in [0.15, 0.2) is 5.66 Å². The van der Waals surface area contributed by atoms with E-state index in [0.717, 1.165) is 18.0 Å². The van der Waals surface area contributed by atoms with Gasteiger partial charge in [0.1, 0.15) is 17.4 Å². The van der Waals surface area contributed by atoms with Crippen LogP contribution in [-0.4, -0.2) is 68.1 Å². The highest BCUT2D eigenvalue weighted by Gasteiger charge is 2.37. The van der Waals surface area contributed by atoms with Gasteiger partial charge in [-0.2, -0.15) is 13.2 Å². The van der Waals surface area contributed by atoms with Gasteiger partial charge in [-0.15, -0.1) is 0 Å². The van der Waals surface area contributed by atoms with Crippen molar-refractivity contribution in [2.75, 3.05) is 52.3 Å². The second kappa shape index (κ2) is 9.05. The van der Waals surface area contributed by atoms with E-state index in [-0.39, 0.29) is 11.3 Å². The highest BCUT2D eigenvalue weighted by Crippen LogP contribution is 2.36. The number of nitrogens with one attached hydrogen (secondary N) is 1. The van der Waals surface area contributed by atoms with Crippen molar-refractivity contribution in [3.8, 4) is 5.75 Å². The van der Waals surface area contributed by atoms with Crippen LogP contribution in [0.1, 0.15) is 11.1 Å². The first-order valence-electron chi connectivity index (χ1n) is 10.8. The number of piperazine rings is 1. The molecule has 1 aromatic carbocycles. The number of alkyl halides is 3. The number of methoxy groups -OCH3 is 1. The summed E-state index contributed by atoms with van der Waals surface area (Å²) in [6, 6.07) is 9.25. The summed E-state index contributed by atoms with van der Waals surface area (Å²) in [7, 11) is 4.98. The number of halogens is 3. The first-order valence-corrected chi connectivity index (χ1v) is 10.8. The molecule has 0 aliphatic carbocycles. The van der Waals surface area contributed by atoms with E-state index >= 15 is 0 Å². The van der Waals surface area contributed by atoms with E-state index in [9.17, 15) is 13.2 Å². The van der Waals surface area contributed by atoms with Crippen molar-refractivity contribution < 1.29 is 17.9 Å². The Morgan fingerprint density at radius 1 is 1.09 bits per heavy atom. The van der Waals surface area contributed by atoms with Crippen LogP contribution in [0.4, 0.5) is 19.0 Å². The zero-order valence-corrected chi connectivity index (χ0v) is 19.3. The molecule has 1 saturated heterocycles. The molecule has 4 rings (SSSR count). The normalized spacial score (nSPS) is 20.9. The molecule has 182 valence electrons. The van der Waals surface area contributed by atoms with Gasteiger partial charge in [0.05, 0.1) is 12.7 Å². The van der Waals surface area contributed by atoms with Crippen LogP contribution < -0.4 is 20.7 Å². The lowest BCUT2D eigenvalue weighted by atomic mass is 9.96. The molecule has 0 amide bonds. The fourth-order valence-corrected chi connectivity index (χ4v) is 3.93. The van der Waals surface area contributed by atoms with Crippen LogP contribution in [0.15, 0.2) is 59.5 Å². The van der Waals surface area contributed by atoms with Crippen molar-refractivity contribution in [2.24, 2.45) is 10.7 Å². The molecule has 2 aliphatic rings. The summed E-state index contributed by atoms with van der Waals surface area (Å²) in [5, 5.41) is 3.27. The summed E-state index contributed by atoms with van der Waals surface area (Å²) in [5.41, 5.74) is 4.48. The number of guanidine groups is 1. The molecule has 11 heteroatoms. The highest BCUT2D eigenvalue weighted by atomic mass is 19.4. The fraction of sp³-hybridized carbons (Fsp3) is 0.391. The Balaban J connectivity index is 1.66. The average molecular weight is 476 g/mol. The first-order chi connectivity index (χ1) is 16.1. The summed E-state index contributed by atoms with van der Waals surface area (Å²) in [4.78, 5) is 15.1. The summed E-state index contributed by atoms with van der Waals surface area (Å²) < 4.78 is 45.7. The number of ether oxygens (including phenoxy) is 1. The third kappa shape index (κ3) is 4.89. The van der Waals surface area contributed by atoms with Crippen LogP contribution in [0.5, 0.6) is 5.75 Å². The topological polar surface area (TPSA) is 82.3 Å². The Hall–Kier alpha value is -3.47. The summed E-state index contributed by atoms with van der Waals surface area (Å²) in [5.74, 6) is 2.11. The molecule has 1 fully saturated rings. The van der Waals surface area contributed by atoms with Gasteiger partial charge >= 0.3 is 6.18 Å². The van der Waals surface area contributed by atoms with E-state index in [0.29, 0.717) is 38.0 Å². The molecule has 2 aromatic rings. The molecular weight excluding hydrogens is 447 g/mol. The predicted octanol–water partition coefficient (Wildman–Crippen LogP) is 2.40. The molecule has 8 nitrogen and oxygen atoms in total. The van der Waals surface area contributed by atoms with E-state index in [4.69, 9.17) is 10.5 Å². The number of aliphatic imine (C=N–C) groups is 1. The number of nitrogens with two attached hydrogens (primary N) is 1. The van der Waals surface area contributed by atoms with Crippen molar-refractivity contribution >= 4 is 11.8 Å². The Kier molecular flexibility index (Phi) is 6.30. The van der Waals surface area contributed by atoms with Gasteiger partial charge in [0.25, 0.3) is 0 Å². The second-order valence-corrected chi connectivity index (χ2v) is 8.42. The fourth-order valence-electron chi connectivity index (χ4n) is 3.93. The minimum absolute atomic E-state index is 0.0636. The maximum absolute atomic E-state index is 13.5. The molecule has 0 spiro atoms. The molecule has 1 unspecified atom stereocenters. The average Bonchev–Trinajstić information content (AvgIpc) is 2.83. The van der Waals surface area contributed by atoms with Crippen LogP contribution in [0, 0.1) is 0 Å². The maximum Gasteiger partial charge on any atom is 0.416 e. The molecule has 0 bridgehead atoms. The van der Waals surface area contributed by atoms with Gasteiger partial charge in [-0.1, -0.05) is 6.07 Å². The van der Waals surface area contributed by atoms with E-state index in [1.165, 1.54) is 13.2 Å². The minimum Gasteiger partial charge on any atom is -0.497 e. The lowest BCUT2D eigenvalue weighted by Gasteiger charge is -2.41. The molecular formula is C23H28F3N7O. The number of hydrogen-bond donors (Lipinski definition) is 2. The number of anilines is 1. The Bertz CT molecular complexity index is 1080. The quantitative estimate of drug-likeness (QED) is 0.703. The summed E-state index contributed by atoms with van der Waals surface area (Å²) in [6.45, 7) is 2.72. The third-order valence-corrected chi connectivity index (χ3v) is 5.85. The first kappa shape index (κ1) is 23.7. The molecule has 2 aliphatic heterocycles. The molecule has 3 heterocycles. The van der Waals surface area contributed by atoms with Crippen molar-refractivity contribution in [2.45, 2.75) is 11.8 Å². The third-order valence-electron chi connectivity index (χ3n) is 5.85. The van der Waals surface area contributed by atoms with Crippen LogP contribution in [0.2, 0.25) is 0 Å². The largest absolute Gasteiger partial charge is 0.497 e. The predicted molar refractivity (Wildman–Crippen MR) is 124 cm³/mol. The number of benzene rings is 1. The number of nitrogens with zero attached hydrogens (tertiary/aromatic N) is 5. The van der Waals surface area contributed by atoms with Gasteiger partial charge in [-0.3, -0.25) is 5.73 Å². The van der Waals surface area contributed by atoms with Gasteiger partial charge in [-0.05, 0) is 30.3 Å². The van der Waals surface area contributed by atoms with Crippen molar-refractivity contribution in [3.63, 3.8) is 0 Å². The van der Waals surface area contributed by atoms with Gasteiger partial charge in [-0.25, -0.2) is 9.98 Å². The van der Waals surface area contributed by atoms with Crippen molar-refractivity contribution in [1.29, 1.82) is 0 Å². The summed E-state index contributed by atoms with van der Waals surface area (Å²) in [6.07, 6.45) is -1.17. The van der Waals surface area contributed by atoms with Gasteiger partial charge in [0.2, 0.25) is 5.96 Å². The SMILES string of the molecule is COc1cc(C(F)(F)F)cc(C2(N)C=C(N(C)C)NC(N3CCN(c4ccccn4)CC3)=N2)c1. The zero-order valence-electron chi connectivity index (χ0n) is 19.3. The van der Waals surface area contributed by atoms with Crippen LogP contribution in [0.3, 0.4) is 0 Å². The zero-order chi connectivity index (χ0) is 24.5. The number of pyridine rings is 1. The summed E-state index contributed by atoms with van der Waals surface area (Å²) >= 11 is 0. The highest BCUT2D eigenvalue weighted by molar-refractivity contribution is 5.84. The van der Waals surface area contributed by atoms with Gasteiger partial charge in [0, 0.05) is 58.1 Å². The van der Waals surface area contributed by atoms with Gasteiger partial charge < -0.3 is 24.8 Å². The van der Waals surface area contributed by atoms with E-state index < -0.39 is 17.4 Å². The number of aromatic nitrogens is 1. The molecule has 1 atom stereocenters. The lowest BCUT2D eigenvalue weighted by Crippen LogP contribution is -2.56. The van der Waals surface area contributed by atoms with Crippen LogP contribution in [0.25, 0.3) is 0 Å². The Labute approximate surface area is 196 Å². The van der Waals surface area contributed by atoms with E-state index in [1.807, 2.05) is 42.1 Å². The Morgan fingerprint density at radius 2 is 1.79 bits per heavy atom. The van der Waals surface area contributed by atoms with E-state index in [1.54, 1.807) is 12.3 Å². The smallest absolute Gasteiger partial charge is 0.416 e. The minimum atomic E-state index is -4.55. The molecule has 34 heavy (non-hydrogen) atoms. The molecule has 0 radical (unpaired) electrons. The molecule has 3 N–H and O–H groups in total. The van der Waals surface area contributed by atoms with Crippen LogP contribution >= 0.6 is 0 Å². The van der Waals surface area contributed by atoms with Crippen molar-refractivity contribution in [3.05, 3.63) is 65.6 Å². The van der Waals surface area contributed by atoms with Crippen molar-refractivity contribution in [1.82, 2.24) is 20.1 Å². The maximum atomic E-state index is 13.5. The number of hydrogen-bond acceptors (Lipinski definition) is 8. The number of rotatable bonds is 4. The standard InChI is InChI=1S/C23H28F3N7O/c1-31(2)20-15-22(27,16-12-17(23(24,25)26)14-18(13-16)34-3)30-21(29-20)33-10-8-32(9-11-33)19-6-4-5-7-28-19/h4-7,12-15H,8-11,27H2,1-3H3,(H,29,30). The Morgan fingerprint density at radius 3 is 2.38 bits per heavy atom. The lowest BCUT2D eigenvalue weighted by molar-refractivity contribution is -0.137. The second-order valence-electron chi connectivity index (χ2n) is 8.42. The van der Waals surface area contributed by atoms with Crippen LogP contribution in [-0.2, 0) is 11.8 Å². The molecule has 0 saturated carbocycles. The molecule has 1 aromatic heterocycles. The monoisotopic (exact) mass is 475 g/mol.